The van der Waals surface area contributed by atoms with Crippen molar-refractivity contribution < 1.29 is 24.2 Å². The van der Waals surface area contributed by atoms with Gasteiger partial charge in [0.05, 0.1) is 19.2 Å². The first kappa shape index (κ1) is 14.3. The van der Waals surface area contributed by atoms with E-state index in [0.29, 0.717) is 6.54 Å². The Morgan fingerprint density at radius 1 is 1.35 bits per heavy atom. The van der Waals surface area contributed by atoms with Gasteiger partial charge in [0.15, 0.2) is 6.10 Å². The molecule has 108 valence electrons. The van der Waals surface area contributed by atoms with Gasteiger partial charge in [0.1, 0.15) is 6.61 Å². The number of aliphatic carboxylic acids is 1. The van der Waals surface area contributed by atoms with Crippen LogP contribution >= 0.6 is 0 Å². The van der Waals surface area contributed by atoms with E-state index in [2.05, 4.69) is 0 Å². The van der Waals surface area contributed by atoms with E-state index in [0.717, 1.165) is 5.56 Å². The first-order valence-corrected chi connectivity index (χ1v) is 6.40. The molecule has 0 unspecified atom stereocenters. The van der Waals surface area contributed by atoms with Crippen LogP contribution in [0.3, 0.4) is 0 Å². The number of hydrogen-bond acceptors (Lipinski definition) is 4. The zero-order valence-electron chi connectivity index (χ0n) is 11.2. The number of morpholine rings is 1. The Bertz CT molecular complexity index is 476. The van der Waals surface area contributed by atoms with Crippen LogP contribution in [0.25, 0.3) is 0 Å². The van der Waals surface area contributed by atoms with E-state index in [-0.39, 0.29) is 19.3 Å². The predicted octanol–water partition coefficient (Wildman–Crippen LogP) is 1.50. The third-order valence-electron chi connectivity index (χ3n) is 3.00. The molecule has 6 nitrogen and oxygen atoms in total. The lowest BCUT2D eigenvalue weighted by Crippen LogP contribution is -2.51. The van der Waals surface area contributed by atoms with Gasteiger partial charge in [-0.3, -0.25) is 0 Å². The molecule has 1 heterocycles. The molecule has 20 heavy (non-hydrogen) atoms. The molecule has 0 radical (unpaired) electrons. The number of hydrogen-bond donors (Lipinski definition) is 1. The number of rotatable bonds is 3. The third-order valence-corrected chi connectivity index (χ3v) is 3.00. The number of carbonyl (C=O) groups is 2. The smallest absolute Gasteiger partial charge is 0.410 e. The van der Waals surface area contributed by atoms with E-state index in [1.54, 1.807) is 6.92 Å². The minimum Gasteiger partial charge on any atom is -0.479 e. The Morgan fingerprint density at radius 3 is 2.70 bits per heavy atom. The van der Waals surface area contributed by atoms with Gasteiger partial charge in [-0.2, -0.15) is 0 Å². The summed E-state index contributed by atoms with van der Waals surface area (Å²) >= 11 is 0. The summed E-state index contributed by atoms with van der Waals surface area (Å²) in [6.07, 6.45) is -1.84. The monoisotopic (exact) mass is 279 g/mol. The lowest BCUT2D eigenvalue weighted by molar-refractivity contribution is -0.161. The number of amides is 1. The van der Waals surface area contributed by atoms with Gasteiger partial charge < -0.3 is 19.5 Å². The summed E-state index contributed by atoms with van der Waals surface area (Å²) in [5.41, 5.74) is 0.886. The molecular weight excluding hydrogens is 262 g/mol. The van der Waals surface area contributed by atoms with Crippen molar-refractivity contribution in [2.75, 3.05) is 13.1 Å². The molecule has 0 bridgehead atoms. The summed E-state index contributed by atoms with van der Waals surface area (Å²) in [4.78, 5) is 24.3. The molecule has 1 aliphatic rings. The van der Waals surface area contributed by atoms with Gasteiger partial charge in [0.2, 0.25) is 0 Å². The standard InChI is InChI=1S/C14H17NO5/c1-10-7-15(8-12(20-10)13(16)17)14(18)19-9-11-5-3-2-4-6-11/h2-6,10,12H,7-9H2,1H3,(H,16,17)/t10-,12+/m1/s1. The fourth-order valence-electron chi connectivity index (χ4n) is 2.05. The second-order valence-corrected chi connectivity index (χ2v) is 4.72. The molecule has 1 fully saturated rings. The number of carboxylic acids is 1. The van der Waals surface area contributed by atoms with E-state index in [1.807, 2.05) is 30.3 Å². The fourth-order valence-corrected chi connectivity index (χ4v) is 2.05. The van der Waals surface area contributed by atoms with Crippen molar-refractivity contribution in [3.05, 3.63) is 35.9 Å². The minimum atomic E-state index is -1.07. The maximum atomic E-state index is 11.9. The highest BCUT2D eigenvalue weighted by Gasteiger charge is 2.33. The molecule has 2 rings (SSSR count). The largest absolute Gasteiger partial charge is 0.479 e. The number of carboxylic acid groups (broad SMARTS) is 1. The molecule has 0 aliphatic carbocycles. The Hall–Kier alpha value is -2.08. The Labute approximate surface area is 116 Å². The Balaban J connectivity index is 1.90. The predicted molar refractivity (Wildman–Crippen MR) is 70.2 cm³/mol. The van der Waals surface area contributed by atoms with E-state index < -0.39 is 18.2 Å². The second-order valence-electron chi connectivity index (χ2n) is 4.72. The van der Waals surface area contributed by atoms with Crippen LogP contribution in [0.2, 0.25) is 0 Å². The molecule has 1 N–H and O–H groups in total. The van der Waals surface area contributed by atoms with Crippen molar-refractivity contribution in [1.82, 2.24) is 4.90 Å². The maximum Gasteiger partial charge on any atom is 0.410 e. The molecule has 1 aliphatic heterocycles. The summed E-state index contributed by atoms with van der Waals surface area (Å²) in [6.45, 7) is 2.24. The zero-order valence-corrected chi connectivity index (χ0v) is 11.2. The summed E-state index contributed by atoms with van der Waals surface area (Å²) in [7, 11) is 0. The van der Waals surface area contributed by atoms with Crippen molar-refractivity contribution in [1.29, 1.82) is 0 Å². The van der Waals surface area contributed by atoms with Gasteiger partial charge in [-0.1, -0.05) is 30.3 Å². The van der Waals surface area contributed by atoms with Gasteiger partial charge in [-0.25, -0.2) is 9.59 Å². The van der Waals surface area contributed by atoms with E-state index in [4.69, 9.17) is 14.6 Å². The molecule has 1 amide bonds. The first-order valence-electron chi connectivity index (χ1n) is 6.40. The molecule has 0 spiro atoms. The average molecular weight is 279 g/mol. The van der Waals surface area contributed by atoms with Crippen LogP contribution < -0.4 is 0 Å². The number of carbonyl (C=O) groups excluding carboxylic acids is 1. The molecule has 1 aromatic carbocycles. The van der Waals surface area contributed by atoms with Crippen LogP contribution in [0.5, 0.6) is 0 Å². The molecule has 1 saturated heterocycles. The Kier molecular flexibility index (Phi) is 4.57. The van der Waals surface area contributed by atoms with E-state index in [1.165, 1.54) is 4.90 Å². The SMILES string of the molecule is C[C@@H]1CN(C(=O)OCc2ccccc2)C[C@@H](C(=O)O)O1. The lowest BCUT2D eigenvalue weighted by Gasteiger charge is -2.34. The van der Waals surface area contributed by atoms with Gasteiger partial charge in [-0.15, -0.1) is 0 Å². The third kappa shape index (κ3) is 3.71. The summed E-state index contributed by atoms with van der Waals surface area (Å²) in [6, 6.07) is 9.32. The number of nitrogens with zero attached hydrogens (tertiary/aromatic N) is 1. The summed E-state index contributed by atoms with van der Waals surface area (Å²) in [5, 5.41) is 8.96. The molecule has 0 saturated carbocycles. The highest BCUT2D eigenvalue weighted by Crippen LogP contribution is 2.13. The summed E-state index contributed by atoms with van der Waals surface area (Å²) < 4.78 is 10.4. The number of benzene rings is 1. The first-order chi connectivity index (χ1) is 9.56. The van der Waals surface area contributed by atoms with Gasteiger partial charge in [0, 0.05) is 0 Å². The van der Waals surface area contributed by atoms with Crippen molar-refractivity contribution in [2.45, 2.75) is 25.7 Å². The maximum absolute atomic E-state index is 11.9. The normalized spacial score (nSPS) is 22.4. The van der Waals surface area contributed by atoms with Crippen molar-refractivity contribution >= 4 is 12.1 Å². The van der Waals surface area contributed by atoms with Crippen LogP contribution in [0.4, 0.5) is 4.79 Å². The topological polar surface area (TPSA) is 76.1 Å². The van der Waals surface area contributed by atoms with Gasteiger partial charge >= 0.3 is 12.1 Å². The van der Waals surface area contributed by atoms with Crippen LogP contribution in [-0.2, 0) is 20.9 Å². The molecular formula is C14H17NO5. The van der Waals surface area contributed by atoms with Crippen molar-refractivity contribution in [2.24, 2.45) is 0 Å². The number of ether oxygens (including phenoxy) is 2. The zero-order chi connectivity index (χ0) is 14.5. The van der Waals surface area contributed by atoms with Crippen LogP contribution in [0, 0.1) is 0 Å². The van der Waals surface area contributed by atoms with Gasteiger partial charge in [0.25, 0.3) is 0 Å². The molecule has 6 heteroatoms. The highest BCUT2D eigenvalue weighted by molar-refractivity contribution is 5.75. The minimum absolute atomic E-state index is 0.00724. The van der Waals surface area contributed by atoms with E-state index >= 15 is 0 Å². The quantitative estimate of drug-likeness (QED) is 0.907. The van der Waals surface area contributed by atoms with Crippen LogP contribution in [0.1, 0.15) is 12.5 Å². The van der Waals surface area contributed by atoms with Crippen LogP contribution in [0.15, 0.2) is 30.3 Å². The average Bonchev–Trinajstić information content (AvgIpc) is 2.45. The fraction of sp³-hybridized carbons (Fsp3) is 0.429. The molecule has 1 aromatic rings. The molecule has 2 atom stereocenters. The van der Waals surface area contributed by atoms with Gasteiger partial charge in [-0.05, 0) is 12.5 Å². The van der Waals surface area contributed by atoms with Crippen molar-refractivity contribution in [3.63, 3.8) is 0 Å². The summed E-state index contributed by atoms with van der Waals surface area (Å²) in [5.74, 6) is -1.07. The van der Waals surface area contributed by atoms with Crippen LogP contribution in [-0.4, -0.2) is 47.4 Å². The lowest BCUT2D eigenvalue weighted by atomic mass is 10.2. The second kappa shape index (κ2) is 6.38. The van der Waals surface area contributed by atoms with E-state index in [9.17, 15) is 9.59 Å². The van der Waals surface area contributed by atoms with Crippen molar-refractivity contribution in [3.8, 4) is 0 Å². The molecule has 0 aromatic heterocycles. The highest BCUT2D eigenvalue weighted by atomic mass is 16.6. The Morgan fingerprint density at radius 2 is 2.05 bits per heavy atom.